The summed E-state index contributed by atoms with van der Waals surface area (Å²) in [6, 6.07) is 3.25. The summed E-state index contributed by atoms with van der Waals surface area (Å²) in [7, 11) is 1.84. The molecule has 0 aliphatic carbocycles. The van der Waals surface area contributed by atoms with Gasteiger partial charge in [-0.2, -0.15) is 5.10 Å². The number of aliphatic hydroxyl groups excluding tert-OH is 1. The Bertz CT molecular complexity index is 1450. The van der Waals surface area contributed by atoms with Gasteiger partial charge in [0.2, 0.25) is 5.95 Å². The van der Waals surface area contributed by atoms with Crippen LogP contribution in [0.5, 0.6) is 0 Å². The van der Waals surface area contributed by atoms with Crippen LogP contribution in [-0.4, -0.2) is 44.8 Å². The predicted octanol–water partition coefficient (Wildman–Crippen LogP) is 2.60. The van der Waals surface area contributed by atoms with Crippen LogP contribution in [0.1, 0.15) is 23.8 Å². The smallest absolute Gasteiger partial charge is 0.220 e. The standard InChI is InChI=1S/C22H20FN9O/c1-32-11-12(7-28-32)18-10-27-21-20(30-18)15(8-26-21)17-6-13(29-22(24)31-17)2-3-19(33)14-4-5-25-9-16(14)23/h4-11,19,33H,2-3H2,1H3,(H,26,27)(H2,24,29,31). The van der Waals surface area contributed by atoms with Crippen LogP contribution in [0.25, 0.3) is 33.7 Å². The van der Waals surface area contributed by atoms with Gasteiger partial charge in [-0.3, -0.25) is 9.67 Å². The molecule has 5 heterocycles. The van der Waals surface area contributed by atoms with Crippen molar-refractivity contribution in [2.24, 2.45) is 7.05 Å². The average molecular weight is 445 g/mol. The van der Waals surface area contributed by atoms with Gasteiger partial charge in [0.05, 0.1) is 36.1 Å². The summed E-state index contributed by atoms with van der Waals surface area (Å²) in [5, 5.41) is 14.6. The summed E-state index contributed by atoms with van der Waals surface area (Å²) in [6.45, 7) is 0. The Labute approximate surface area is 187 Å². The third-order valence-corrected chi connectivity index (χ3v) is 5.29. The van der Waals surface area contributed by atoms with Crippen molar-refractivity contribution in [3.05, 3.63) is 66.4 Å². The van der Waals surface area contributed by atoms with E-state index in [2.05, 4.69) is 30.0 Å². The molecule has 11 heteroatoms. The van der Waals surface area contributed by atoms with E-state index in [0.29, 0.717) is 34.7 Å². The first-order valence-electron chi connectivity index (χ1n) is 10.2. The number of nitrogens with one attached hydrogen (secondary N) is 1. The van der Waals surface area contributed by atoms with Gasteiger partial charge in [-0.05, 0) is 25.0 Å². The number of hydrogen-bond donors (Lipinski definition) is 3. The molecule has 5 aromatic rings. The number of nitrogens with two attached hydrogens (primary N) is 1. The molecule has 0 aliphatic heterocycles. The van der Waals surface area contributed by atoms with Crippen LogP contribution < -0.4 is 5.73 Å². The van der Waals surface area contributed by atoms with Crippen molar-refractivity contribution in [3.63, 3.8) is 0 Å². The van der Waals surface area contributed by atoms with E-state index in [1.54, 1.807) is 29.3 Å². The van der Waals surface area contributed by atoms with Crippen molar-refractivity contribution in [3.8, 4) is 22.5 Å². The fourth-order valence-electron chi connectivity index (χ4n) is 3.66. The molecule has 4 N–H and O–H groups in total. The lowest BCUT2D eigenvalue weighted by Crippen LogP contribution is -2.06. The normalized spacial score (nSPS) is 12.3. The van der Waals surface area contributed by atoms with Gasteiger partial charge >= 0.3 is 0 Å². The van der Waals surface area contributed by atoms with Crippen molar-refractivity contribution in [1.29, 1.82) is 0 Å². The highest BCUT2D eigenvalue weighted by Crippen LogP contribution is 2.29. The van der Waals surface area contributed by atoms with Crippen LogP contribution in [-0.2, 0) is 13.5 Å². The Morgan fingerprint density at radius 1 is 1.18 bits per heavy atom. The number of fused-ring (bicyclic) bond motifs is 1. The second kappa shape index (κ2) is 8.36. The van der Waals surface area contributed by atoms with Crippen LogP contribution in [0.2, 0.25) is 0 Å². The van der Waals surface area contributed by atoms with Crippen LogP contribution in [0.15, 0.2) is 49.3 Å². The Morgan fingerprint density at radius 2 is 2.06 bits per heavy atom. The zero-order chi connectivity index (χ0) is 22.9. The number of aromatic nitrogens is 8. The molecule has 0 radical (unpaired) electrons. The fraction of sp³-hybridized carbons (Fsp3) is 0.182. The zero-order valence-electron chi connectivity index (χ0n) is 17.6. The number of aromatic amines is 1. The molecule has 1 unspecified atom stereocenters. The molecule has 1 atom stereocenters. The van der Waals surface area contributed by atoms with Crippen molar-refractivity contribution < 1.29 is 9.50 Å². The van der Waals surface area contributed by atoms with Crippen molar-refractivity contribution in [2.45, 2.75) is 18.9 Å². The number of pyridine rings is 1. The second-order valence-electron chi connectivity index (χ2n) is 7.61. The van der Waals surface area contributed by atoms with Gasteiger partial charge in [0.1, 0.15) is 11.3 Å². The number of H-pyrrole nitrogens is 1. The van der Waals surface area contributed by atoms with Gasteiger partial charge in [0.15, 0.2) is 5.65 Å². The molecule has 0 aromatic carbocycles. The second-order valence-corrected chi connectivity index (χ2v) is 7.61. The van der Waals surface area contributed by atoms with Gasteiger partial charge in [-0.1, -0.05) is 0 Å². The van der Waals surface area contributed by atoms with E-state index in [9.17, 15) is 9.50 Å². The van der Waals surface area contributed by atoms with Crippen LogP contribution in [0.3, 0.4) is 0 Å². The molecule has 0 bridgehead atoms. The van der Waals surface area contributed by atoms with Gasteiger partial charge in [0.25, 0.3) is 0 Å². The van der Waals surface area contributed by atoms with Gasteiger partial charge < -0.3 is 15.8 Å². The number of aryl methyl sites for hydroxylation is 2. The van der Waals surface area contributed by atoms with E-state index in [0.717, 1.165) is 17.3 Å². The minimum atomic E-state index is -0.992. The number of anilines is 1. The highest BCUT2D eigenvalue weighted by Gasteiger charge is 2.16. The zero-order valence-corrected chi connectivity index (χ0v) is 17.6. The van der Waals surface area contributed by atoms with Gasteiger partial charge in [-0.15, -0.1) is 0 Å². The molecule has 0 saturated carbocycles. The maximum atomic E-state index is 13.9. The first-order valence-corrected chi connectivity index (χ1v) is 10.2. The number of nitrogens with zero attached hydrogens (tertiary/aromatic N) is 7. The third-order valence-electron chi connectivity index (χ3n) is 5.29. The number of aliphatic hydroxyl groups is 1. The minimum Gasteiger partial charge on any atom is -0.388 e. The Hall–Kier alpha value is -4.25. The van der Waals surface area contributed by atoms with Crippen molar-refractivity contribution >= 4 is 17.1 Å². The van der Waals surface area contributed by atoms with Crippen molar-refractivity contribution in [1.82, 2.24) is 39.7 Å². The molecule has 5 rings (SSSR count). The third kappa shape index (κ3) is 4.13. The largest absolute Gasteiger partial charge is 0.388 e. The Kier molecular flexibility index (Phi) is 5.23. The molecule has 0 amide bonds. The molecule has 166 valence electrons. The monoisotopic (exact) mass is 445 g/mol. The predicted molar refractivity (Wildman–Crippen MR) is 119 cm³/mol. The molecular weight excluding hydrogens is 425 g/mol. The lowest BCUT2D eigenvalue weighted by Gasteiger charge is -2.12. The van der Waals surface area contributed by atoms with E-state index >= 15 is 0 Å². The molecule has 5 aromatic heterocycles. The highest BCUT2D eigenvalue weighted by atomic mass is 19.1. The first-order chi connectivity index (χ1) is 16.0. The molecule has 0 spiro atoms. The van der Waals surface area contributed by atoms with Crippen molar-refractivity contribution in [2.75, 3.05) is 5.73 Å². The minimum absolute atomic E-state index is 0.0952. The van der Waals surface area contributed by atoms with Gasteiger partial charge in [-0.25, -0.2) is 24.3 Å². The van der Waals surface area contributed by atoms with Crippen LogP contribution >= 0.6 is 0 Å². The summed E-state index contributed by atoms with van der Waals surface area (Å²) >= 11 is 0. The SMILES string of the molecule is Cn1cc(-c2cnc3[nH]cc(-c4cc(CCC(O)c5ccncc5F)nc(N)n4)c3n2)cn1. The average Bonchev–Trinajstić information content (AvgIpc) is 3.43. The highest BCUT2D eigenvalue weighted by molar-refractivity contribution is 5.90. The summed E-state index contributed by atoms with van der Waals surface area (Å²) in [6.07, 6.45) is 9.20. The lowest BCUT2D eigenvalue weighted by atomic mass is 10.0. The number of nitrogen functional groups attached to an aromatic ring is 1. The molecule has 33 heavy (non-hydrogen) atoms. The number of rotatable bonds is 6. The number of hydrogen-bond acceptors (Lipinski definition) is 8. The topological polar surface area (TPSA) is 144 Å². The maximum Gasteiger partial charge on any atom is 0.220 e. The quantitative estimate of drug-likeness (QED) is 0.362. The summed E-state index contributed by atoms with van der Waals surface area (Å²) < 4.78 is 15.6. The summed E-state index contributed by atoms with van der Waals surface area (Å²) in [5.41, 5.74) is 10.9. The van der Waals surface area contributed by atoms with E-state index in [1.165, 1.54) is 12.3 Å². The van der Waals surface area contributed by atoms with E-state index in [-0.39, 0.29) is 17.9 Å². The summed E-state index contributed by atoms with van der Waals surface area (Å²) in [4.78, 5) is 24.6. The molecule has 0 fully saturated rings. The van der Waals surface area contributed by atoms with Crippen LogP contribution in [0, 0.1) is 5.82 Å². The molecular formula is C22H20FN9O. The van der Waals surface area contributed by atoms with E-state index in [1.807, 2.05) is 13.2 Å². The Balaban J connectivity index is 1.44. The molecule has 10 nitrogen and oxygen atoms in total. The lowest BCUT2D eigenvalue weighted by molar-refractivity contribution is 0.162. The fourth-order valence-corrected chi connectivity index (χ4v) is 3.66. The number of halogens is 1. The molecule has 0 saturated heterocycles. The van der Waals surface area contributed by atoms with Gasteiger partial charge in [0, 0.05) is 48.0 Å². The van der Waals surface area contributed by atoms with E-state index < -0.39 is 11.9 Å². The van der Waals surface area contributed by atoms with Crippen LogP contribution in [0.4, 0.5) is 10.3 Å². The Morgan fingerprint density at radius 3 is 2.85 bits per heavy atom. The molecule has 0 aliphatic rings. The summed E-state index contributed by atoms with van der Waals surface area (Å²) in [5.74, 6) is -0.451. The first kappa shape index (κ1) is 20.6. The maximum absolute atomic E-state index is 13.9. The van der Waals surface area contributed by atoms with E-state index in [4.69, 9.17) is 10.7 Å².